The summed E-state index contributed by atoms with van der Waals surface area (Å²) in [6.45, 7) is 0.790. The van der Waals surface area contributed by atoms with E-state index in [0.29, 0.717) is 11.6 Å². The fraction of sp³-hybridized carbons (Fsp3) is 0.185. The average molecular weight is 440 g/mol. The van der Waals surface area contributed by atoms with Crippen LogP contribution in [0.25, 0.3) is 0 Å². The molecule has 1 aliphatic carbocycles. The Labute approximate surface area is 191 Å². The standard InChI is InChI=1S/C27H24N2O4/c1-33-22-13-11-20(12-14-22)29(16-18-10-9-17-5-2-3-8-23(17)18)21-7-4-6-19(15-21)28-24-25(30)27(32)26(24)31/h2-8,11-15,18,28,30H,9-10,16H2,1H3. The van der Waals surface area contributed by atoms with E-state index < -0.39 is 16.6 Å². The van der Waals surface area contributed by atoms with Gasteiger partial charge in [0.05, 0.1) is 7.11 Å². The number of aromatic hydroxyl groups is 1. The van der Waals surface area contributed by atoms with Gasteiger partial charge in [-0.1, -0.05) is 30.3 Å². The first-order valence-electron chi connectivity index (χ1n) is 10.9. The molecule has 1 atom stereocenters. The molecule has 0 fully saturated rings. The third-order valence-corrected chi connectivity index (χ3v) is 6.36. The van der Waals surface area contributed by atoms with Crippen molar-refractivity contribution >= 4 is 22.7 Å². The van der Waals surface area contributed by atoms with Gasteiger partial charge in [0.1, 0.15) is 11.4 Å². The number of rotatable bonds is 7. The highest BCUT2D eigenvalue weighted by molar-refractivity contribution is 5.74. The lowest BCUT2D eigenvalue weighted by molar-refractivity contribution is 0.415. The first-order chi connectivity index (χ1) is 16.0. The van der Waals surface area contributed by atoms with Crippen molar-refractivity contribution in [2.24, 2.45) is 0 Å². The van der Waals surface area contributed by atoms with Crippen LogP contribution in [-0.2, 0) is 6.42 Å². The molecule has 6 nitrogen and oxygen atoms in total. The third kappa shape index (κ3) is 3.84. The van der Waals surface area contributed by atoms with E-state index in [9.17, 15) is 14.7 Å². The number of methoxy groups -OCH3 is 1. The molecule has 33 heavy (non-hydrogen) atoms. The number of anilines is 4. The molecule has 0 heterocycles. The lowest BCUT2D eigenvalue weighted by Gasteiger charge is -2.29. The lowest BCUT2D eigenvalue weighted by Crippen LogP contribution is -2.32. The second-order valence-corrected chi connectivity index (χ2v) is 8.30. The maximum Gasteiger partial charge on any atom is 0.271 e. The monoisotopic (exact) mass is 440 g/mol. The van der Waals surface area contributed by atoms with Crippen LogP contribution in [-0.4, -0.2) is 18.8 Å². The minimum atomic E-state index is -0.853. The molecule has 1 unspecified atom stereocenters. The molecule has 0 spiro atoms. The maximum atomic E-state index is 11.8. The molecular weight excluding hydrogens is 416 g/mol. The van der Waals surface area contributed by atoms with Crippen LogP contribution in [0.3, 0.4) is 0 Å². The normalized spacial score (nSPS) is 14.8. The van der Waals surface area contributed by atoms with Crippen molar-refractivity contribution in [1.29, 1.82) is 0 Å². The summed E-state index contributed by atoms with van der Waals surface area (Å²) in [4.78, 5) is 25.4. The van der Waals surface area contributed by atoms with Gasteiger partial charge in [0, 0.05) is 29.5 Å². The van der Waals surface area contributed by atoms with Gasteiger partial charge in [-0.3, -0.25) is 9.59 Å². The summed E-state index contributed by atoms with van der Waals surface area (Å²) < 4.78 is 5.33. The zero-order valence-electron chi connectivity index (χ0n) is 18.2. The molecule has 0 radical (unpaired) electrons. The number of fused-ring (bicyclic) bond motifs is 1. The first kappa shape index (κ1) is 20.8. The number of nitrogens with one attached hydrogen (secondary N) is 1. The van der Waals surface area contributed by atoms with Crippen LogP contribution in [0.15, 0.2) is 82.4 Å². The fourth-order valence-corrected chi connectivity index (χ4v) is 4.57. The summed E-state index contributed by atoms with van der Waals surface area (Å²) in [7, 11) is 1.65. The van der Waals surface area contributed by atoms with E-state index in [1.165, 1.54) is 11.1 Å². The van der Waals surface area contributed by atoms with Gasteiger partial charge in [-0.2, -0.15) is 0 Å². The summed E-state index contributed by atoms with van der Waals surface area (Å²) in [5, 5.41) is 12.6. The summed E-state index contributed by atoms with van der Waals surface area (Å²) in [6.07, 6.45) is 2.16. The number of nitrogens with zero attached hydrogens (tertiary/aromatic N) is 1. The van der Waals surface area contributed by atoms with Crippen molar-refractivity contribution in [2.75, 3.05) is 23.9 Å². The van der Waals surface area contributed by atoms with E-state index in [2.05, 4.69) is 34.5 Å². The smallest absolute Gasteiger partial charge is 0.271 e. The van der Waals surface area contributed by atoms with Gasteiger partial charge >= 0.3 is 0 Å². The highest BCUT2D eigenvalue weighted by Gasteiger charge is 2.25. The first-order valence-corrected chi connectivity index (χ1v) is 10.9. The number of benzene rings is 3. The predicted molar refractivity (Wildman–Crippen MR) is 130 cm³/mol. The molecule has 2 N–H and O–H groups in total. The Morgan fingerprint density at radius 2 is 1.76 bits per heavy atom. The van der Waals surface area contributed by atoms with E-state index in [-0.39, 0.29) is 5.69 Å². The quantitative estimate of drug-likeness (QED) is 0.409. The molecule has 0 saturated heterocycles. The zero-order chi connectivity index (χ0) is 22.9. The summed E-state index contributed by atoms with van der Waals surface area (Å²) in [5.74, 6) is 0.661. The molecule has 0 saturated carbocycles. The van der Waals surface area contributed by atoms with Crippen LogP contribution >= 0.6 is 0 Å². The zero-order valence-corrected chi connectivity index (χ0v) is 18.2. The number of hydrogen-bond acceptors (Lipinski definition) is 6. The molecule has 0 bridgehead atoms. The molecule has 0 amide bonds. The van der Waals surface area contributed by atoms with Gasteiger partial charge in [0.15, 0.2) is 5.75 Å². The molecule has 4 aromatic carbocycles. The predicted octanol–water partition coefficient (Wildman–Crippen LogP) is 4.61. The van der Waals surface area contributed by atoms with E-state index in [1.807, 2.05) is 42.5 Å². The Morgan fingerprint density at radius 1 is 0.970 bits per heavy atom. The Hall–Kier alpha value is -4.06. The molecule has 1 aliphatic rings. The number of hydrogen-bond donors (Lipinski definition) is 2. The number of aryl methyl sites for hydroxylation is 1. The van der Waals surface area contributed by atoms with Crippen LogP contribution in [0, 0.1) is 0 Å². The summed E-state index contributed by atoms with van der Waals surface area (Å²) in [5.41, 5.74) is 3.77. The van der Waals surface area contributed by atoms with Crippen molar-refractivity contribution in [3.8, 4) is 11.5 Å². The molecule has 4 aromatic rings. The highest BCUT2D eigenvalue weighted by Crippen LogP contribution is 2.38. The van der Waals surface area contributed by atoms with Crippen molar-refractivity contribution in [3.63, 3.8) is 0 Å². The lowest BCUT2D eigenvalue weighted by atomic mass is 10.00. The van der Waals surface area contributed by atoms with Crippen molar-refractivity contribution in [1.82, 2.24) is 0 Å². The Bertz CT molecular complexity index is 1370. The average Bonchev–Trinajstić information content (AvgIpc) is 3.28. The van der Waals surface area contributed by atoms with E-state index in [0.717, 1.165) is 36.5 Å². The number of ether oxygens (including phenoxy) is 1. The van der Waals surface area contributed by atoms with Crippen molar-refractivity contribution in [3.05, 3.63) is 104 Å². The fourth-order valence-electron chi connectivity index (χ4n) is 4.57. The highest BCUT2D eigenvalue weighted by atomic mass is 16.5. The SMILES string of the molecule is COc1ccc(N(CC2CCc3ccccc32)c2cccc(Nc3c(O)c(=O)c3=O)c2)cc1. The third-order valence-electron chi connectivity index (χ3n) is 6.36. The Kier molecular flexibility index (Phi) is 5.34. The Morgan fingerprint density at radius 3 is 2.52 bits per heavy atom. The van der Waals surface area contributed by atoms with E-state index in [4.69, 9.17) is 4.74 Å². The molecule has 5 rings (SSSR count). The van der Waals surface area contributed by atoms with Crippen LogP contribution < -0.4 is 25.8 Å². The molecule has 166 valence electrons. The Balaban J connectivity index is 1.49. The van der Waals surface area contributed by atoms with Crippen LogP contribution in [0.5, 0.6) is 11.5 Å². The minimum absolute atomic E-state index is 0.0575. The topological polar surface area (TPSA) is 78.9 Å². The van der Waals surface area contributed by atoms with Crippen LogP contribution in [0.2, 0.25) is 0 Å². The largest absolute Gasteiger partial charge is 0.502 e. The molecule has 0 aromatic heterocycles. The van der Waals surface area contributed by atoms with Gasteiger partial charge in [0.25, 0.3) is 10.9 Å². The van der Waals surface area contributed by atoms with Gasteiger partial charge in [-0.15, -0.1) is 0 Å². The van der Waals surface area contributed by atoms with Crippen LogP contribution in [0.4, 0.5) is 22.7 Å². The summed E-state index contributed by atoms with van der Waals surface area (Å²) in [6, 6.07) is 24.2. The summed E-state index contributed by atoms with van der Waals surface area (Å²) >= 11 is 0. The second kappa shape index (κ2) is 8.47. The molecule has 0 aliphatic heterocycles. The van der Waals surface area contributed by atoms with Gasteiger partial charge in [0.2, 0.25) is 0 Å². The van der Waals surface area contributed by atoms with Gasteiger partial charge in [-0.25, -0.2) is 0 Å². The van der Waals surface area contributed by atoms with E-state index in [1.54, 1.807) is 13.2 Å². The minimum Gasteiger partial charge on any atom is -0.502 e. The van der Waals surface area contributed by atoms with Crippen molar-refractivity contribution in [2.45, 2.75) is 18.8 Å². The van der Waals surface area contributed by atoms with E-state index >= 15 is 0 Å². The maximum absolute atomic E-state index is 11.8. The van der Waals surface area contributed by atoms with Crippen molar-refractivity contribution < 1.29 is 9.84 Å². The molecule has 6 heteroatoms. The van der Waals surface area contributed by atoms with Gasteiger partial charge in [-0.05, 0) is 66.4 Å². The second-order valence-electron chi connectivity index (χ2n) is 8.30. The van der Waals surface area contributed by atoms with Crippen LogP contribution in [0.1, 0.15) is 23.5 Å². The molecular formula is C27H24N2O4. The van der Waals surface area contributed by atoms with Gasteiger partial charge < -0.3 is 20.1 Å².